The molecule has 0 spiro atoms. The fraction of sp³-hybridized carbons (Fsp3) is 1.00. The molecular weight excluding hydrogens is 140 g/mol. The molecule has 1 atom stereocenters. The van der Waals surface area contributed by atoms with Crippen LogP contribution in [-0.2, 0) is 9.47 Å². The Labute approximate surface area is 69.9 Å². The van der Waals surface area contributed by atoms with Gasteiger partial charge in [0, 0.05) is 13.2 Å². The van der Waals surface area contributed by atoms with E-state index in [1.807, 2.05) is 6.92 Å². The fourth-order valence-electron chi connectivity index (χ4n) is 0.879. The second-order valence-corrected chi connectivity index (χ2v) is 2.56. The summed E-state index contributed by atoms with van der Waals surface area (Å²) >= 11 is 0. The van der Waals surface area contributed by atoms with Crippen LogP contribution in [0.5, 0.6) is 0 Å². The summed E-state index contributed by atoms with van der Waals surface area (Å²) in [7, 11) is 0. The maximum absolute atomic E-state index is 5.41. The smallest absolute Gasteiger partial charge is 0.0805 e. The summed E-state index contributed by atoms with van der Waals surface area (Å²) < 4.78 is 10.8. The van der Waals surface area contributed by atoms with Crippen molar-refractivity contribution in [1.29, 1.82) is 0 Å². The lowest BCUT2D eigenvalue weighted by molar-refractivity contribution is -0.0129. The molecule has 0 bridgehead atoms. The van der Waals surface area contributed by atoms with Crippen molar-refractivity contribution in [3.05, 3.63) is 0 Å². The molecule has 0 saturated heterocycles. The van der Waals surface area contributed by atoms with Gasteiger partial charge < -0.3 is 9.47 Å². The van der Waals surface area contributed by atoms with Gasteiger partial charge in [-0.25, -0.2) is 0 Å². The first-order valence-corrected chi connectivity index (χ1v) is 4.54. The first-order valence-electron chi connectivity index (χ1n) is 4.54. The summed E-state index contributed by atoms with van der Waals surface area (Å²) in [4.78, 5) is 0. The SMILES string of the molecule is CCCOCC(CC)OCC. The van der Waals surface area contributed by atoms with Gasteiger partial charge in [-0.05, 0) is 19.8 Å². The molecule has 0 fully saturated rings. The van der Waals surface area contributed by atoms with Crippen LogP contribution >= 0.6 is 0 Å². The summed E-state index contributed by atoms with van der Waals surface area (Å²) in [5.74, 6) is 0. The van der Waals surface area contributed by atoms with Crippen LogP contribution in [0.15, 0.2) is 0 Å². The Hall–Kier alpha value is -0.0800. The average molecular weight is 160 g/mol. The molecule has 0 rings (SSSR count). The zero-order valence-corrected chi connectivity index (χ0v) is 7.93. The first-order chi connectivity index (χ1) is 5.35. The number of hydrogen-bond acceptors (Lipinski definition) is 2. The predicted octanol–water partition coefficient (Wildman–Crippen LogP) is 2.23. The van der Waals surface area contributed by atoms with Crippen LogP contribution in [0.3, 0.4) is 0 Å². The Bertz CT molecular complexity index is 74.0. The topological polar surface area (TPSA) is 18.5 Å². The normalized spacial score (nSPS) is 13.4. The minimum Gasteiger partial charge on any atom is -0.379 e. The van der Waals surface area contributed by atoms with Gasteiger partial charge in [0.15, 0.2) is 0 Å². The van der Waals surface area contributed by atoms with E-state index in [2.05, 4.69) is 13.8 Å². The van der Waals surface area contributed by atoms with E-state index in [0.29, 0.717) is 6.10 Å². The average Bonchev–Trinajstić information content (AvgIpc) is 2.03. The van der Waals surface area contributed by atoms with Crippen LogP contribution in [0.4, 0.5) is 0 Å². The van der Waals surface area contributed by atoms with Gasteiger partial charge in [-0.2, -0.15) is 0 Å². The number of ether oxygens (including phenoxy) is 2. The van der Waals surface area contributed by atoms with Crippen molar-refractivity contribution in [2.75, 3.05) is 19.8 Å². The molecule has 0 aromatic rings. The highest BCUT2D eigenvalue weighted by Gasteiger charge is 2.03. The third-order valence-corrected chi connectivity index (χ3v) is 1.51. The lowest BCUT2D eigenvalue weighted by Crippen LogP contribution is -2.19. The van der Waals surface area contributed by atoms with E-state index in [9.17, 15) is 0 Å². The van der Waals surface area contributed by atoms with Crippen LogP contribution in [-0.4, -0.2) is 25.9 Å². The predicted molar refractivity (Wildman–Crippen MR) is 46.8 cm³/mol. The highest BCUT2D eigenvalue weighted by molar-refractivity contribution is 4.51. The van der Waals surface area contributed by atoms with E-state index >= 15 is 0 Å². The molecule has 0 heterocycles. The summed E-state index contributed by atoms with van der Waals surface area (Å²) in [5, 5.41) is 0. The van der Waals surface area contributed by atoms with Crippen molar-refractivity contribution in [2.45, 2.75) is 39.7 Å². The van der Waals surface area contributed by atoms with Crippen molar-refractivity contribution in [2.24, 2.45) is 0 Å². The van der Waals surface area contributed by atoms with Crippen molar-refractivity contribution in [1.82, 2.24) is 0 Å². The van der Waals surface area contributed by atoms with Crippen molar-refractivity contribution in [3.8, 4) is 0 Å². The Morgan fingerprint density at radius 2 is 1.91 bits per heavy atom. The largest absolute Gasteiger partial charge is 0.379 e. The van der Waals surface area contributed by atoms with E-state index in [0.717, 1.165) is 32.7 Å². The van der Waals surface area contributed by atoms with Crippen LogP contribution in [0.2, 0.25) is 0 Å². The Morgan fingerprint density at radius 1 is 1.18 bits per heavy atom. The van der Waals surface area contributed by atoms with Gasteiger partial charge >= 0.3 is 0 Å². The Balaban J connectivity index is 3.20. The van der Waals surface area contributed by atoms with Crippen LogP contribution < -0.4 is 0 Å². The third kappa shape index (κ3) is 6.32. The lowest BCUT2D eigenvalue weighted by atomic mass is 10.3. The molecule has 0 aliphatic carbocycles. The fourth-order valence-corrected chi connectivity index (χ4v) is 0.879. The molecule has 2 nitrogen and oxygen atoms in total. The molecule has 0 aromatic carbocycles. The van der Waals surface area contributed by atoms with Crippen LogP contribution in [0, 0.1) is 0 Å². The standard InChI is InChI=1S/C9H20O2/c1-4-7-10-8-9(5-2)11-6-3/h9H,4-8H2,1-3H3. The third-order valence-electron chi connectivity index (χ3n) is 1.51. The molecule has 0 radical (unpaired) electrons. The van der Waals surface area contributed by atoms with Crippen molar-refractivity contribution < 1.29 is 9.47 Å². The van der Waals surface area contributed by atoms with Gasteiger partial charge in [-0.1, -0.05) is 13.8 Å². The number of rotatable bonds is 7. The highest BCUT2D eigenvalue weighted by atomic mass is 16.5. The Kier molecular flexibility index (Phi) is 7.96. The Morgan fingerprint density at radius 3 is 2.36 bits per heavy atom. The first kappa shape index (κ1) is 10.9. The maximum atomic E-state index is 5.41. The molecule has 0 aliphatic heterocycles. The quantitative estimate of drug-likeness (QED) is 0.532. The van der Waals surface area contributed by atoms with Gasteiger partial charge in [0.2, 0.25) is 0 Å². The van der Waals surface area contributed by atoms with Crippen molar-refractivity contribution >= 4 is 0 Å². The minimum atomic E-state index is 0.298. The molecule has 1 unspecified atom stereocenters. The molecular formula is C9H20O2. The molecule has 2 heteroatoms. The second-order valence-electron chi connectivity index (χ2n) is 2.56. The monoisotopic (exact) mass is 160 g/mol. The van der Waals surface area contributed by atoms with Crippen LogP contribution in [0.25, 0.3) is 0 Å². The van der Waals surface area contributed by atoms with E-state index in [1.54, 1.807) is 0 Å². The molecule has 0 N–H and O–H groups in total. The molecule has 11 heavy (non-hydrogen) atoms. The van der Waals surface area contributed by atoms with Gasteiger partial charge in [-0.15, -0.1) is 0 Å². The zero-order valence-electron chi connectivity index (χ0n) is 7.93. The van der Waals surface area contributed by atoms with Crippen molar-refractivity contribution in [3.63, 3.8) is 0 Å². The molecule has 0 aliphatic rings. The van der Waals surface area contributed by atoms with E-state index in [4.69, 9.17) is 9.47 Å². The van der Waals surface area contributed by atoms with Gasteiger partial charge in [0.25, 0.3) is 0 Å². The maximum Gasteiger partial charge on any atom is 0.0805 e. The molecule has 0 saturated carbocycles. The second kappa shape index (κ2) is 8.02. The summed E-state index contributed by atoms with van der Waals surface area (Å²) in [6, 6.07) is 0. The lowest BCUT2D eigenvalue weighted by Gasteiger charge is -2.14. The summed E-state index contributed by atoms with van der Waals surface area (Å²) in [6.07, 6.45) is 2.42. The molecule has 0 amide bonds. The molecule has 0 aromatic heterocycles. The van der Waals surface area contributed by atoms with E-state index in [1.165, 1.54) is 0 Å². The van der Waals surface area contributed by atoms with Gasteiger partial charge in [-0.3, -0.25) is 0 Å². The minimum absolute atomic E-state index is 0.298. The summed E-state index contributed by atoms with van der Waals surface area (Å²) in [5.41, 5.74) is 0. The van der Waals surface area contributed by atoms with Crippen LogP contribution in [0.1, 0.15) is 33.6 Å². The zero-order chi connectivity index (χ0) is 8.53. The summed E-state index contributed by atoms with van der Waals surface area (Å²) in [6.45, 7) is 8.63. The molecule has 68 valence electrons. The van der Waals surface area contributed by atoms with Gasteiger partial charge in [0.05, 0.1) is 12.7 Å². The number of hydrogen-bond donors (Lipinski definition) is 0. The highest BCUT2D eigenvalue weighted by Crippen LogP contribution is 1.98. The van der Waals surface area contributed by atoms with E-state index < -0.39 is 0 Å². The van der Waals surface area contributed by atoms with E-state index in [-0.39, 0.29) is 0 Å². The van der Waals surface area contributed by atoms with Gasteiger partial charge in [0.1, 0.15) is 0 Å².